The monoisotopic (exact) mass is 273 g/mol. The molecule has 1 aromatic rings. The molecule has 1 aliphatic carbocycles. The number of rotatable bonds is 3. The number of anilines is 1. The summed E-state index contributed by atoms with van der Waals surface area (Å²) in [5, 5.41) is 9.44. The molecule has 108 valence electrons. The molecule has 1 saturated carbocycles. The van der Waals surface area contributed by atoms with Crippen LogP contribution in [-0.4, -0.2) is 23.7 Å². The third kappa shape index (κ3) is 2.41. The Morgan fingerprint density at radius 2 is 1.95 bits per heavy atom. The van der Waals surface area contributed by atoms with Gasteiger partial charge in [0.25, 0.3) is 0 Å². The van der Waals surface area contributed by atoms with Gasteiger partial charge >= 0.3 is 5.97 Å². The van der Waals surface area contributed by atoms with Gasteiger partial charge in [-0.15, -0.1) is 0 Å². The minimum Gasteiger partial charge on any atom is -0.478 e. The minimum absolute atomic E-state index is 0.459. The maximum atomic E-state index is 11.5. The van der Waals surface area contributed by atoms with Gasteiger partial charge in [0.15, 0.2) is 0 Å². The highest BCUT2D eigenvalue weighted by molar-refractivity contribution is 5.94. The number of aryl methyl sites for hydroxylation is 1. The Labute approximate surface area is 120 Å². The Balaban J connectivity index is 1.94. The summed E-state index contributed by atoms with van der Waals surface area (Å²) in [6.45, 7) is 3.04. The van der Waals surface area contributed by atoms with Crippen molar-refractivity contribution in [2.45, 2.75) is 51.5 Å². The number of carboxylic acids is 1. The molecule has 1 aromatic carbocycles. The molecule has 1 saturated heterocycles. The highest BCUT2D eigenvalue weighted by Gasteiger charge is 2.34. The molecule has 2 aliphatic rings. The number of carboxylic acid groups (broad SMARTS) is 1. The number of hydrogen-bond donors (Lipinski definition) is 1. The number of hydrogen-bond acceptors (Lipinski definition) is 2. The molecule has 0 amide bonds. The first kappa shape index (κ1) is 13.5. The smallest absolute Gasteiger partial charge is 0.337 e. The second-order valence-corrected chi connectivity index (χ2v) is 6.27. The summed E-state index contributed by atoms with van der Waals surface area (Å²) in [5.74, 6) is -0.0447. The van der Waals surface area contributed by atoms with Crippen LogP contribution in [0.5, 0.6) is 0 Å². The summed E-state index contributed by atoms with van der Waals surface area (Å²) in [6.07, 6.45) is 7.72. The van der Waals surface area contributed by atoms with Gasteiger partial charge in [-0.1, -0.05) is 18.9 Å². The molecular formula is C17H23NO2. The summed E-state index contributed by atoms with van der Waals surface area (Å²) in [5.41, 5.74) is 2.54. The van der Waals surface area contributed by atoms with Crippen LogP contribution in [0.25, 0.3) is 0 Å². The molecule has 20 heavy (non-hydrogen) atoms. The van der Waals surface area contributed by atoms with E-state index in [1.807, 2.05) is 13.0 Å². The molecule has 1 aliphatic heterocycles. The quantitative estimate of drug-likeness (QED) is 0.909. The Morgan fingerprint density at radius 1 is 1.20 bits per heavy atom. The van der Waals surface area contributed by atoms with Crippen LogP contribution in [0.15, 0.2) is 18.2 Å². The maximum Gasteiger partial charge on any atom is 0.337 e. The summed E-state index contributed by atoms with van der Waals surface area (Å²) < 4.78 is 0. The molecule has 1 unspecified atom stereocenters. The van der Waals surface area contributed by atoms with Crippen molar-refractivity contribution in [3.63, 3.8) is 0 Å². The lowest BCUT2D eigenvalue weighted by atomic mass is 9.95. The molecule has 0 spiro atoms. The van der Waals surface area contributed by atoms with Crippen molar-refractivity contribution < 1.29 is 9.90 Å². The van der Waals surface area contributed by atoms with E-state index < -0.39 is 5.97 Å². The van der Waals surface area contributed by atoms with Gasteiger partial charge in [0.1, 0.15) is 0 Å². The van der Waals surface area contributed by atoms with Crippen LogP contribution in [0, 0.1) is 12.8 Å². The van der Waals surface area contributed by atoms with Gasteiger partial charge in [0.05, 0.1) is 11.3 Å². The van der Waals surface area contributed by atoms with E-state index in [0.717, 1.165) is 23.7 Å². The van der Waals surface area contributed by atoms with Crippen molar-refractivity contribution in [1.82, 2.24) is 0 Å². The van der Waals surface area contributed by atoms with Gasteiger partial charge in [-0.2, -0.15) is 0 Å². The lowest BCUT2D eigenvalue weighted by Crippen LogP contribution is -2.35. The number of aromatic carboxylic acids is 1. The van der Waals surface area contributed by atoms with E-state index in [9.17, 15) is 9.90 Å². The van der Waals surface area contributed by atoms with Gasteiger partial charge in [-0.3, -0.25) is 0 Å². The predicted octanol–water partition coefficient (Wildman–Crippen LogP) is 3.85. The molecule has 1 N–H and O–H groups in total. The Morgan fingerprint density at radius 3 is 2.65 bits per heavy atom. The minimum atomic E-state index is -0.808. The first-order chi connectivity index (χ1) is 9.66. The average molecular weight is 273 g/mol. The van der Waals surface area contributed by atoms with E-state index in [1.54, 1.807) is 6.07 Å². The third-order valence-electron chi connectivity index (χ3n) is 4.94. The normalized spacial score (nSPS) is 23.4. The van der Waals surface area contributed by atoms with E-state index in [1.165, 1.54) is 38.5 Å². The zero-order chi connectivity index (χ0) is 14.1. The van der Waals surface area contributed by atoms with Gasteiger partial charge in [0.2, 0.25) is 0 Å². The predicted molar refractivity (Wildman–Crippen MR) is 80.5 cm³/mol. The maximum absolute atomic E-state index is 11.5. The fourth-order valence-corrected chi connectivity index (χ4v) is 3.98. The van der Waals surface area contributed by atoms with E-state index in [2.05, 4.69) is 11.0 Å². The molecule has 0 radical (unpaired) electrons. The zero-order valence-electron chi connectivity index (χ0n) is 12.1. The fraction of sp³-hybridized carbons (Fsp3) is 0.588. The molecule has 3 rings (SSSR count). The number of benzene rings is 1. The van der Waals surface area contributed by atoms with Crippen molar-refractivity contribution in [3.05, 3.63) is 29.3 Å². The number of nitrogens with zero attached hydrogens (tertiary/aromatic N) is 1. The summed E-state index contributed by atoms with van der Waals surface area (Å²) in [7, 11) is 0. The standard InChI is InChI=1S/C17H23NO2/c1-12-8-9-14(17(19)20)16(11-12)18-10-4-7-15(18)13-5-2-3-6-13/h8-9,11,13,15H,2-7,10H2,1H3,(H,19,20). The molecule has 3 heteroatoms. The lowest BCUT2D eigenvalue weighted by molar-refractivity contribution is 0.0697. The lowest BCUT2D eigenvalue weighted by Gasteiger charge is -2.32. The Kier molecular flexibility index (Phi) is 3.68. The van der Waals surface area contributed by atoms with E-state index in [4.69, 9.17) is 0 Å². The van der Waals surface area contributed by atoms with Crippen LogP contribution in [-0.2, 0) is 0 Å². The largest absolute Gasteiger partial charge is 0.478 e. The highest BCUT2D eigenvalue weighted by atomic mass is 16.4. The first-order valence-electron chi connectivity index (χ1n) is 7.77. The SMILES string of the molecule is Cc1ccc(C(=O)O)c(N2CCCC2C2CCCC2)c1. The number of carbonyl (C=O) groups is 1. The van der Waals surface area contributed by atoms with Crippen LogP contribution in [0.4, 0.5) is 5.69 Å². The van der Waals surface area contributed by atoms with Crippen LogP contribution < -0.4 is 4.90 Å². The van der Waals surface area contributed by atoms with Crippen molar-refractivity contribution in [2.24, 2.45) is 5.92 Å². The Bertz CT molecular complexity index is 506. The summed E-state index contributed by atoms with van der Waals surface area (Å²) in [6, 6.07) is 6.26. The zero-order valence-corrected chi connectivity index (χ0v) is 12.1. The Hall–Kier alpha value is -1.51. The molecule has 3 nitrogen and oxygen atoms in total. The molecule has 1 heterocycles. The van der Waals surface area contributed by atoms with Gasteiger partial charge in [-0.05, 0) is 56.2 Å². The average Bonchev–Trinajstić information content (AvgIpc) is 3.09. The van der Waals surface area contributed by atoms with Gasteiger partial charge in [-0.25, -0.2) is 4.79 Å². The second-order valence-electron chi connectivity index (χ2n) is 6.27. The molecular weight excluding hydrogens is 250 g/mol. The van der Waals surface area contributed by atoms with Crippen molar-refractivity contribution in [1.29, 1.82) is 0 Å². The highest BCUT2D eigenvalue weighted by Crippen LogP contribution is 2.39. The molecule has 0 aromatic heterocycles. The second kappa shape index (κ2) is 5.47. The van der Waals surface area contributed by atoms with Gasteiger partial charge < -0.3 is 10.0 Å². The molecule has 1 atom stereocenters. The van der Waals surface area contributed by atoms with Crippen molar-refractivity contribution in [2.75, 3.05) is 11.4 Å². The first-order valence-corrected chi connectivity index (χ1v) is 7.77. The summed E-state index contributed by atoms with van der Waals surface area (Å²) in [4.78, 5) is 13.9. The van der Waals surface area contributed by atoms with Crippen LogP contribution in [0.1, 0.15) is 54.4 Å². The van der Waals surface area contributed by atoms with E-state index >= 15 is 0 Å². The molecule has 0 bridgehead atoms. The van der Waals surface area contributed by atoms with E-state index in [0.29, 0.717) is 11.6 Å². The molecule has 2 fully saturated rings. The van der Waals surface area contributed by atoms with Crippen LogP contribution in [0.2, 0.25) is 0 Å². The van der Waals surface area contributed by atoms with Crippen LogP contribution in [0.3, 0.4) is 0 Å². The fourth-order valence-electron chi connectivity index (χ4n) is 3.98. The summed E-state index contributed by atoms with van der Waals surface area (Å²) >= 11 is 0. The van der Waals surface area contributed by atoms with Crippen molar-refractivity contribution in [3.8, 4) is 0 Å². The topological polar surface area (TPSA) is 40.5 Å². The van der Waals surface area contributed by atoms with Crippen LogP contribution >= 0.6 is 0 Å². The third-order valence-corrected chi connectivity index (χ3v) is 4.94. The van der Waals surface area contributed by atoms with Crippen molar-refractivity contribution >= 4 is 11.7 Å². The van der Waals surface area contributed by atoms with E-state index in [-0.39, 0.29) is 0 Å². The van der Waals surface area contributed by atoms with Gasteiger partial charge in [0, 0.05) is 12.6 Å².